The largest absolute Gasteiger partial charge is 0.451 e. The quantitative estimate of drug-likeness (QED) is 0.804. The van der Waals surface area contributed by atoms with E-state index < -0.39 is 12.1 Å². The maximum absolute atomic E-state index is 12.0. The zero-order valence-corrected chi connectivity index (χ0v) is 14.0. The molecule has 1 aliphatic heterocycles. The minimum Gasteiger partial charge on any atom is -0.451 e. The summed E-state index contributed by atoms with van der Waals surface area (Å²) < 4.78 is 5.15. The molecule has 0 aromatic heterocycles. The smallest absolute Gasteiger partial charge is 0.326 e. The summed E-state index contributed by atoms with van der Waals surface area (Å²) in [6, 6.07) is 9.50. The minimum atomic E-state index is -0.886. The van der Waals surface area contributed by atoms with Gasteiger partial charge in [0.1, 0.15) is 6.54 Å². The van der Waals surface area contributed by atoms with Gasteiger partial charge in [0.15, 0.2) is 6.10 Å². The van der Waals surface area contributed by atoms with Crippen molar-refractivity contribution in [3.63, 3.8) is 0 Å². The minimum absolute atomic E-state index is 0.0226. The topological polar surface area (TPSA) is 75.7 Å². The Kier molecular flexibility index (Phi) is 6.78. The highest BCUT2D eigenvalue weighted by atomic mass is 16.5. The lowest BCUT2D eigenvalue weighted by Gasteiger charge is -2.20. The van der Waals surface area contributed by atoms with Gasteiger partial charge in [0.2, 0.25) is 5.91 Å². The Morgan fingerprint density at radius 3 is 2.71 bits per heavy atom. The van der Waals surface area contributed by atoms with E-state index in [4.69, 9.17) is 4.74 Å². The van der Waals surface area contributed by atoms with Crippen LogP contribution in [0, 0.1) is 0 Å². The summed E-state index contributed by atoms with van der Waals surface area (Å²) in [6.07, 6.45) is 2.34. The van der Waals surface area contributed by atoms with Crippen molar-refractivity contribution < 1.29 is 19.1 Å². The van der Waals surface area contributed by atoms with E-state index in [1.54, 1.807) is 0 Å². The molecule has 1 fully saturated rings. The monoisotopic (exact) mass is 332 g/mol. The molecule has 2 amide bonds. The third-order valence-corrected chi connectivity index (χ3v) is 3.98. The molecule has 0 aliphatic carbocycles. The number of likely N-dealkylation sites (tertiary alicyclic amines) is 1. The third kappa shape index (κ3) is 5.68. The van der Waals surface area contributed by atoms with Crippen molar-refractivity contribution in [3.05, 3.63) is 35.9 Å². The molecule has 130 valence electrons. The Hall–Kier alpha value is -2.37. The molecule has 0 saturated carbocycles. The Morgan fingerprint density at radius 1 is 1.21 bits per heavy atom. The first-order chi connectivity index (χ1) is 11.6. The number of hydrogen-bond donors (Lipinski definition) is 1. The molecule has 1 aromatic rings. The van der Waals surface area contributed by atoms with E-state index >= 15 is 0 Å². The number of esters is 1. The second kappa shape index (κ2) is 9.05. The molecule has 6 nitrogen and oxygen atoms in total. The predicted octanol–water partition coefficient (Wildman–Crippen LogP) is 1.64. The van der Waals surface area contributed by atoms with Gasteiger partial charge in [0.05, 0.1) is 0 Å². The Balaban J connectivity index is 1.75. The summed E-state index contributed by atoms with van der Waals surface area (Å²) in [4.78, 5) is 37.3. The van der Waals surface area contributed by atoms with Crippen LogP contribution in [-0.2, 0) is 25.7 Å². The fraction of sp³-hybridized carbons (Fsp3) is 0.500. The molecular weight excluding hydrogens is 308 g/mol. The first kappa shape index (κ1) is 18.0. The highest BCUT2D eigenvalue weighted by Gasteiger charge is 2.23. The van der Waals surface area contributed by atoms with Gasteiger partial charge in [-0.1, -0.05) is 36.8 Å². The Bertz CT molecular complexity index is 574. The zero-order valence-electron chi connectivity index (χ0n) is 14.0. The number of nitrogens with one attached hydrogen (secondary N) is 1. The molecule has 0 unspecified atom stereocenters. The summed E-state index contributed by atoms with van der Waals surface area (Å²) in [6.45, 7) is 2.40. The van der Waals surface area contributed by atoms with Gasteiger partial charge in [-0.3, -0.25) is 14.4 Å². The van der Waals surface area contributed by atoms with Crippen LogP contribution in [-0.4, -0.2) is 41.9 Å². The molecular formula is C18H24N2O4. The fourth-order valence-electron chi connectivity index (χ4n) is 2.58. The van der Waals surface area contributed by atoms with E-state index in [0.29, 0.717) is 19.5 Å². The molecule has 2 rings (SSSR count). The van der Waals surface area contributed by atoms with Gasteiger partial charge in [-0.05, 0) is 25.3 Å². The van der Waals surface area contributed by atoms with Gasteiger partial charge < -0.3 is 15.0 Å². The van der Waals surface area contributed by atoms with Crippen LogP contribution in [0.25, 0.3) is 0 Å². The van der Waals surface area contributed by atoms with Gasteiger partial charge in [-0.2, -0.15) is 0 Å². The lowest BCUT2D eigenvalue weighted by molar-refractivity contribution is -0.157. The van der Waals surface area contributed by atoms with Gasteiger partial charge in [-0.25, -0.2) is 0 Å². The van der Waals surface area contributed by atoms with E-state index in [-0.39, 0.29) is 18.4 Å². The molecule has 0 bridgehead atoms. The molecule has 1 atom stereocenters. The molecule has 1 heterocycles. The van der Waals surface area contributed by atoms with Crippen LogP contribution >= 0.6 is 0 Å². The van der Waals surface area contributed by atoms with Crippen molar-refractivity contribution in [1.29, 1.82) is 0 Å². The summed E-state index contributed by atoms with van der Waals surface area (Å²) >= 11 is 0. The van der Waals surface area contributed by atoms with Crippen molar-refractivity contribution in [2.75, 3.05) is 13.1 Å². The highest BCUT2D eigenvalue weighted by Crippen LogP contribution is 2.11. The van der Waals surface area contributed by atoms with Crippen molar-refractivity contribution in [1.82, 2.24) is 10.2 Å². The van der Waals surface area contributed by atoms with Crippen LogP contribution in [0.1, 0.15) is 38.2 Å². The number of nitrogens with zero attached hydrogens (tertiary/aromatic N) is 1. The Labute approximate surface area is 142 Å². The van der Waals surface area contributed by atoms with E-state index in [1.165, 1.54) is 11.8 Å². The molecule has 1 aliphatic rings. The number of carbonyl (C=O) groups is 3. The number of hydrogen-bond acceptors (Lipinski definition) is 4. The lowest BCUT2D eigenvalue weighted by atomic mass is 10.2. The van der Waals surface area contributed by atoms with Crippen LogP contribution in [0.15, 0.2) is 30.3 Å². The van der Waals surface area contributed by atoms with Crippen molar-refractivity contribution in [2.24, 2.45) is 0 Å². The normalized spacial score (nSPS) is 16.2. The molecule has 1 aromatic carbocycles. The van der Waals surface area contributed by atoms with E-state index in [2.05, 4.69) is 5.32 Å². The zero-order chi connectivity index (χ0) is 17.4. The Morgan fingerprint density at radius 2 is 1.96 bits per heavy atom. The third-order valence-electron chi connectivity index (χ3n) is 3.98. The van der Waals surface area contributed by atoms with Crippen LogP contribution in [0.2, 0.25) is 0 Å². The van der Waals surface area contributed by atoms with E-state index in [0.717, 1.165) is 24.8 Å². The van der Waals surface area contributed by atoms with Crippen LogP contribution < -0.4 is 5.32 Å². The van der Waals surface area contributed by atoms with Crippen LogP contribution in [0.5, 0.6) is 0 Å². The second-order valence-corrected chi connectivity index (χ2v) is 5.96. The van der Waals surface area contributed by atoms with E-state index in [9.17, 15) is 14.4 Å². The molecule has 6 heteroatoms. The molecule has 0 radical (unpaired) electrons. The average Bonchev–Trinajstić information content (AvgIpc) is 2.78. The second-order valence-electron chi connectivity index (χ2n) is 5.96. The standard InChI is InChI=1S/C18H24N2O4/c1-14(18(23)19-12-15-8-4-2-5-9-15)24-17(22)13-20-11-7-3-6-10-16(20)21/h2,4-5,8-9,14H,3,6-7,10-13H2,1H3,(H,19,23)/t14-/m0/s1. The first-order valence-electron chi connectivity index (χ1n) is 8.35. The lowest BCUT2D eigenvalue weighted by Crippen LogP contribution is -2.40. The summed E-state index contributed by atoms with van der Waals surface area (Å²) in [7, 11) is 0. The van der Waals surface area contributed by atoms with Crippen LogP contribution in [0.3, 0.4) is 0 Å². The molecule has 1 saturated heterocycles. The summed E-state index contributed by atoms with van der Waals surface area (Å²) in [5.74, 6) is -0.923. The van der Waals surface area contributed by atoms with Crippen molar-refractivity contribution in [2.45, 2.75) is 45.3 Å². The number of ether oxygens (including phenoxy) is 1. The van der Waals surface area contributed by atoms with Crippen LogP contribution in [0.4, 0.5) is 0 Å². The maximum Gasteiger partial charge on any atom is 0.326 e. The first-order valence-corrected chi connectivity index (χ1v) is 8.35. The highest BCUT2D eigenvalue weighted by molar-refractivity contribution is 5.85. The van der Waals surface area contributed by atoms with Gasteiger partial charge in [-0.15, -0.1) is 0 Å². The van der Waals surface area contributed by atoms with Crippen molar-refractivity contribution in [3.8, 4) is 0 Å². The molecule has 1 N–H and O–H groups in total. The summed E-state index contributed by atoms with van der Waals surface area (Å²) in [5.41, 5.74) is 0.972. The average molecular weight is 332 g/mol. The molecule has 24 heavy (non-hydrogen) atoms. The van der Waals surface area contributed by atoms with Gasteiger partial charge in [0.25, 0.3) is 5.91 Å². The maximum atomic E-state index is 12.0. The van der Waals surface area contributed by atoms with Gasteiger partial charge in [0, 0.05) is 19.5 Å². The summed E-state index contributed by atoms with van der Waals surface area (Å²) in [5, 5.41) is 2.73. The SMILES string of the molecule is C[C@H](OC(=O)CN1CCCCCC1=O)C(=O)NCc1ccccc1. The van der Waals surface area contributed by atoms with Crippen molar-refractivity contribution >= 4 is 17.8 Å². The van der Waals surface area contributed by atoms with Gasteiger partial charge >= 0.3 is 5.97 Å². The van der Waals surface area contributed by atoms with E-state index in [1.807, 2.05) is 30.3 Å². The predicted molar refractivity (Wildman–Crippen MR) is 88.9 cm³/mol. The number of amides is 2. The fourth-order valence-corrected chi connectivity index (χ4v) is 2.58. The number of carbonyl (C=O) groups excluding carboxylic acids is 3. The molecule has 0 spiro atoms. The number of benzene rings is 1. The number of rotatable bonds is 6.